The number of carbonyl (C=O) groups excluding carboxylic acids is 1. The average Bonchev–Trinajstić information content (AvgIpc) is 3.32. The minimum absolute atomic E-state index is 0.0386. The predicted octanol–water partition coefficient (Wildman–Crippen LogP) is 5.30. The molecule has 5 rings (SSSR count). The van der Waals surface area contributed by atoms with Crippen LogP contribution in [0, 0.1) is 18.3 Å². The van der Waals surface area contributed by atoms with Crippen LogP contribution in [0.3, 0.4) is 0 Å². The van der Waals surface area contributed by atoms with E-state index in [0.717, 1.165) is 23.4 Å². The Morgan fingerprint density at radius 1 is 1.16 bits per heavy atom. The van der Waals surface area contributed by atoms with E-state index in [1.165, 1.54) is 37.0 Å². The smallest absolute Gasteiger partial charge is 0.433 e. The first-order chi connectivity index (χ1) is 21.5. The Kier molecular flexibility index (Phi) is 8.99. The fraction of sp³-hybridized carbons (Fsp3) is 0.219. The third-order valence-corrected chi connectivity index (χ3v) is 9.10. The number of halogens is 3. The van der Waals surface area contributed by atoms with Crippen LogP contribution in [-0.2, 0) is 21.5 Å². The van der Waals surface area contributed by atoms with Gasteiger partial charge in [0.05, 0.1) is 41.6 Å². The first kappa shape index (κ1) is 31.7. The molecule has 0 N–H and O–H groups in total. The van der Waals surface area contributed by atoms with Gasteiger partial charge in [-0.25, -0.2) is 14.8 Å². The second-order valence-electron chi connectivity index (χ2n) is 9.96. The molecular weight excluding hydrogens is 626 g/mol. The number of rotatable bonds is 7. The number of allylic oxidation sites excluding steroid dienone is 1. The molecule has 230 valence electrons. The van der Waals surface area contributed by atoms with E-state index in [1.54, 1.807) is 31.2 Å². The molecule has 0 amide bonds. The van der Waals surface area contributed by atoms with Crippen LogP contribution in [-0.4, -0.2) is 29.7 Å². The summed E-state index contributed by atoms with van der Waals surface area (Å²) >= 11 is 2.16. The molecule has 0 radical (unpaired) electrons. The first-order valence-electron chi connectivity index (χ1n) is 13.4. The standard InChI is InChI=1S/C32H25F3N4O4S2/c1-17-12-25(32(33,34)35)38-28(22(17)15-36)44-16-21-13-19(10-11-23(21)42-3)14-24-29(40)39-27(20-8-6-5-7-9-20)26(30(41)43-4)18(2)37-31(39)45-24/h5-14,27H,16H2,1-4H3/t27-/m1/s1. The maximum absolute atomic E-state index is 13.8. The van der Waals surface area contributed by atoms with Crippen molar-refractivity contribution in [3.8, 4) is 11.8 Å². The number of thiazole rings is 1. The third kappa shape index (κ3) is 6.29. The van der Waals surface area contributed by atoms with Crippen LogP contribution >= 0.6 is 23.1 Å². The van der Waals surface area contributed by atoms with Gasteiger partial charge in [0, 0.05) is 11.3 Å². The maximum Gasteiger partial charge on any atom is 0.433 e. The van der Waals surface area contributed by atoms with Crippen molar-refractivity contribution in [2.45, 2.75) is 36.8 Å². The monoisotopic (exact) mass is 650 g/mol. The summed E-state index contributed by atoms with van der Waals surface area (Å²) in [5.74, 6) is 0.0388. The molecule has 0 bridgehead atoms. The lowest BCUT2D eigenvalue weighted by molar-refractivity contribution is -0.141. The largest absolute Gasteiger partial charge is 0.496 e. The highest BCUT2D eigenvalue weighted by molar-refractivity contribution is 7.98. The zero-order chi connectivity index (χ0) is 32.5. The Morgan fingerprint density at radius 2 is 1.89 bits per heavy atom. The minimum Gasteiger partial charge on any atom is -0.496 e. The Morgan fingerprint density at radius 3 is 2.53 bits per heavy atom. The number of hydrogen-bond donors (Lipinski definition) is 0. The normalized spacial score (nSPS) is 14.9. The van der Waals surface area contributed by atoms with Gasteiger partial charge in [-0.15, -0.1) is 11.8 Å². The number of nitrogens with zero attached hydrogens (tertiary/aromatic N) is 4. The Bertz CT molecular complexity index is 2060. The van der Waals surface area contributed by atoms with Gasteiger partial charge in [-0.2, -0.15) is 18.4 Å². The highest BCUT2D eigenvalue weighted by atomic mass is 32.2. The van der Waals surface area contributed by atoms with Crippen LogP contribution in [0.2, 0.25) is 0 Å². The second-order valence-corrected chi connectivity index (χ2v) is 11.9. The molecule has 3 heterocycles. The third-order valence-electron chi connectivity index (χ3n) is 7.09. The zero-order valence-corrected chi connectivity index (χ0v) is 26.1. The summed E-state index contributed by atoms with van der Waals surface area (Å²) in [5.41, 5.74) is 1.51. The van der Waals surface area contributed by atoms with E-state index in [0.29, 0.717) is 31.9 Å². The van der Waals surface area contributed by atoms with E-state index in [9.17, 15) is 28.0 Å². The van der Waals surface area contributed by atoms with Crippen LogP contribution in [0.4, 0.5) is 13.2 Å². The summed E-state index contributed by atoms with van der Waals surface area (Å²) in [6.45, 7) is 3.14. The van der Waals surface area contributed by atoms with Crippen LogP contribution < -0.4 is 19.6 Å². The van der Waals surface area contributed by atoms with Gasteiger partial charge < -0.3 is 9.47 Å². The van der Waals surface area contributed by atoms with E-state index in [4.69, 9.17) is 9.47 Å². The van der Waals surface area contributed by atoms with Gasteiger partial charge in [0.2, 0.25) is 0 Å². The molecule has 1 atom stereocenters. The minimum atomic E-state index is -4.66. The van der Waals surface area contributed by atoms with Gasteiger partial charge in [-0.3, -0.25) is 9.36 Å². The van der Waals surface area contributed by atoms with Crippen LogP contribution in [0.15, 0.2) is 80.7 Å². The fourth-order valence-electron chi connectivity index (χ4n) is 4.97. The fourth-order valence-corrected chi connectivity index (χ4v) is 7.05. The average molecular weight is 651 g/mol. The molecule has 0 unspecified atom stereocenters. The topological polar surface area (TPSA) is 107 Å². The van der Waals surface area contributed by atoms with Crippen molar-refractivity contribution in [3.05, 3.63) is 119 Å². The predicted molar refractivity (Wildman–Crippen MR) is 163 cm³/mol. The summed E-state index contributed by atoms with van der Waals surface area (Å²) in [6.07, 6.45) is -2.98. The molecule has 1 aliphatic rings. The highest BCUT2D eigenvalue weighted by Gasteiger charge is 2.34. The Hall–Kier alpha value is -4.67. The number of pyridine rings is 1. The molecule has 0 saturated heterocycles. The van der Waals surface area contributed by atoms with Gasteiger partial charge in [0.25, 0.3) is 5.56 Å². The summed E-state index contributed by atoms with van der Waals surface area (Å²) in [5, 5.41) is 9.54. The lowest BCUT2D eigenvalue weighted by Gasteiger charge is -2.24. The molecule has 0 aliphatic carbocycles. The van der Waals surface area contributed by atoms with Crippen LogP contribution in [0.5, 0.6) is 5.75 Å². The lowest BCUT2D eigenvalue weighted by Crippen LogP contribution is -2.39. The molecule has 8 nitrogen and oxygen atoms in total. The molecule has 2 aromatic carbocycles. The van der Waals surface area contributed by atoms with Crippen molar-refractivity contribution < 1.29 is 27.4 Å². The second kappa shape index (κ2) is 12.7. The number of alkyl halides is 3. The highest BCUT2D eigenvalue weighted by Crippen LogP contribution is 2.35. The van der Waals surface area contributed by atoms with E-state index in [1.807, 2.05) is 36.4 Å². The van der Waals surface area contributed by atoms with Crippen molar-refractivity contribution in [2.24, 2.45) is 4.99 Å². The molecule has 4 aromatic rings. The van der Waals surface area contributed by atoms with Crippen LogP contribution in [0.25, 0.3) is 6.08 Å². The number of aromatic nitrogens is 2. The van der Waals surface area contributed by atoms with Crippen molar-refractivity contribution in [1.82, 2.24) is 9.55 Å². The van der Waals surface area contributed by atoms with E-state index >= 15 is 0 Å². The molecule has 45 heavy (non-hydrogen) atoms. The number of aryl methyl sites for hydroxylation is 1. The van der Waals surface area contributed by atoms with Gasteiger partial charge in [-0.1, -0.05) is 47.7 Å². The number of hydrogen-bond acceptors (Lipinski definition) is 9. The number of ether oxygens (including phenoxy) is 2. The van der Waals surface area contributed by atoms with Crippen molar-refractivity contribution in [2.75, 3.05) is 14.2 Å². The number of methoxy groups -OCH3 is 2. The molecule has 0 saturated carbocycles. The van der Waals surface area contributed by atoms with E-state index < -0.39 is 23.9 Å². The van der Waals surface area contributed by atoms with Gasteiger partial charge in [0.1, 0.15) is 22.5 Å². The molecule has 0 spiro atoms. The van der Waals surface area contributed by atoms with Crippen LogP contribution in [0.1, 0.15) is 46.5 Å². The van der Waals surface area contributed by atoms with Gasteiger partial charge >= 0.3 is 12.1 Å². The first-order valence-corrected chi connectivity index (χ1v) is 15.2. The summed E-state index contributed by atoms with van der Waals surface area (Å²) in [6, 6.07) is 16.4. The number of thioether (sulfide) groups is 1. The van der Waals surface area contributed by atoms with E-state index in [-0.39, 0.29) is 33.0 Å². The lowest BCUT2D eigenvalue weighted by atomic mass is 9.96. The quantitative estimate of drug-likeness (QED) is 0.197. The van der Waals surface area contributed by atoms with Crippen molar-refractivity contribution >= 4 is 35.1 Å². The number of carbonyl (C=O) groups is 1. The number of benzene rings is 2. The molecule has 13 heteroatoms. The summed E-state index contributed by atoms with van der Waals surface area (Å²) in [7, 11) is 2.75. The molecular formula is C32H25F3N4O4S2. The Labute approximate surface area is 263 Å². The molecule has 0 fully saturated rings. The molecule has 2 aromatic heterocycles. The van der Waals surface area contributed by atoms with Crippen molar-refractivity contribution in [1.29, 1.82) is 5.26 Å². The van der Waals surface area contributed by atoms with Gasteiger partial charge in [-0.05, 0) is 54.8 Å². The maximum atomic E-state index is 13.8. The number of nitriles is 1. The summed E-state index contributed by atoms with van der Waals surface area (Å²) < 4.78 is 52.6. The van der Waals surface area contributed by atoms with Gasteiger partial charge in [0.15, 0.2) is 4.80 Å². The van der Waals surface area contributed by atoms with Crippen molar-refractivity contribution in [3.63, 3.8) is 0 Å². The van der Waals surface area contributed by atoms with E-state index in [2.05, 4.69) is 9.98 Å². The SMILES string of the molecule is COC(=O)C1=C(C)N=c2sc(=Cc3ccc(OC)c(CSc4nc(C(F)(F)F)cc(C)c4C#N)c3)c(=O)n2[C@@H]1c1ccccc1. The Balaban J connectivity index is 1.56. The number of fused-ring (bicyclic) bond motifs is 1. The summed E-state index contributed by atoms with van der Waals surface area (Å²) in [4.78, 5) is 35.4. The molecule has 1 aliphatic heterocycles. The number of esters is 1. The zero-order valence-electron chi connectivity index (χ0n) is 24.4.